The van der Waals surface area contributed by atoms with E-state index in [-0.39, 0.29) is 18.2 Å². The van der Waals surface area contributed by atoms with Crippen LogP contribution in [0.5, 0.6) is 0 Å². The number of nitrogens with zero attached hydrogens (tertiary/aromatic N) is 5. The maximum Gasteiger partial charge on any atom is 0.255 e. The molecular formula is C19H17N7O3. The lowest BCUT2D eigenvalue weighted by Crippen LogP contribution is -2.52. The maximum atomic E-state index is 12.8. The number of benzene rings is 1. The van der Waals surface area contributed by atoms with Crippen LogP contribution < -0.4 is 5.32 Å². The zero-order valence-electron chi connectivity index (χ0n) is 15.5. The largest absolute Gasteiger partial charge is 0.331 e. The number of nitrogens with one attached hydrogen (secondary N) is 2. The molecule has 0 saturated carbocycles. The van der Waals surface area contributed by atoms with Crippen molar-refractivity contribution in [3.05, 3.63) is 41.9 Å². The number of amides is 3. The first kappa shape index (κ1) is 17.3. The first-order chi connectivity index (χ1) is 14.0. The van der Waals surface area contributed by atoms with E-state index in [0.717, 1.165) is 16.8 Å². The van der Waals surface area contributed by atoms with Crippen LogP contribution in [0.1, 0.15) is 28.8 Å². The van der Waals surface area contributed by atoms with Gasteiger partial charge in [-0.2, -0.15) is 5.10 Å². The number of fused-ring (bicyclic) bond motifs is 1. The predicted molar refractivity (Wildman–Crippen MR) is 100 cm³/mol. The molecule has 2 N–H and O–H groups in total. The molecule has 0 radical (unpaired) electrons. The lowest BCUT2D eigenvalue weighted by molar-refractivity contribution is -0.136. The highest BCUT2D eigenvalue weighted by atomic mass is 16.2. The fourth-order valence-corrected chi connectivity index (χ4v) is 3.87. The highest BCUT2D eigenvalue weighted by Gasteiger charge is 2.39. The Bertz CT molecular complexity index is 1150. The van der Waals surface area contributed by atoms with Crippen molar-refractivity contribution in [3.63, 3.8) is 0 Å². The summed E-state index contributed by atoms with van der Waals surface area (Å²) in [7, 11) is 1.87. The van der Waals surface area contributed by atoms with Crippen molar-refractivity contribution in [2.45, 2.75) is 25.4 Å². The Morgan fingerprint density at radius 2 is 2.07 bits per heavy atom. The third-order valence-corrected chi connectivity index (χ3v) is 5.32. The fourth-order valence-electron chi connectivity index (χ4n) is 3.87. The number of aromatic nitrogens is 5. The van der Waals surface area contributed by atoms with Crippen molar-refractivity contribution >= 4 is 17.7 Å². The van der Waals surface area contributed by atoms with Gasteiger partial charge in [-0.25, -0.2) is 9.97 Å². The van der Waals surface area contributed by atoms with Crippen LogP contribution in [0.25, 0.3) is 22.9 Å². The predicted octanol–water partition coefficient (Wildman–Crippen LogP) is 0.633. The summed E-state index contributed by atoms with van der Waals surface area (Å²) in [5, 5.41) is 8.97. The van der Waals surface area contributed by atoms with E-state index < -0.39 is 11.9 Å². The summed E-state index contributed by atoms with van der Waals surface area (Å²) in [6.07, 6.45) is 3.89. The summed E-state index contributed by atoms with van der Waals surface area (Å²) in [5.74, 6) is 0.322. The van der Waals surface area contributed by atoms with E-state index in [1.165, 1.54) is 11.2 Å². The van der Waals surface area contributed by atoms with Crippen molar-refractivity contribution in [1.29, 1.82) is 0 Å². The SMILES string of the molecule is Cn1cc(-c2ccc3c(c2)CN(C2CCC(=O)NC2=O)C3=O)nc1-c1ncn[nH]1. The molecule has 1 fully saturated rings. The van der Waals surface area contributed by atoms with Crippen molar-refractivity contribution in [3.8, 4) is 22.9 Å². The van der Waals surface area contributed by atoms with E-state index in [1.54, 1.807) is 6.07 Å². The van der Waals surface area contributed by atoms with Crippen LogP contribution in [0.15, 0.2) is 30.7 Å². The van der Waals surface area contributed by atoms with Crippen molar-refractivity contribution in [1.82, 2.24) is 34.9 Å². The molecule has 10 heteroatoms. The Kier molecular flexibility index (Phi) is 3.79. The van der Waals surface area contributed by atoms with Gasteiger partial charge in [0.15, 0.2) is 11.6 Å². The average Bonchev–Trinajstić information content (AvgIpc) is 3.41. The van der Waals surface area contributed by atoms with Gasteiger partial charge in [-0.15, -0.1) is 0 Å². The van der Waals surface area contributed by atoms with Crippen LogP contribution >= 0.6 is 0 Å². The van der Waals surface area contributed by atoms with Crippen molar-refractivity contribution < 1.29 is 14.4 Å². The summed E-state index contributed by atoms with van der Waals surface area (Å²) in [6.45, 7) is 0.329. The molecule has 3 amide bonds. The first-order valence-corrected chi connectivity index (χ1v) is 9.18. The van der Waals surface area contributed by atoms with Gasteiger partial charge in [-0.1, -0.05) is 6.07 Å². The number of H-pyrrole nitrogens is 1. The van der Waals surface area contributed by atoms with E-state index in [9.17, 15) is 14.4 Å². The van der Waals surface area contributed by atoms with Crippen molar-refractivity contribution in [2.75, 3.05) is 0 Å². The van der Waals surface area contributed by atoms with Crippen LogP contribution in [0.2, 0.25) is 0 Å². The quantitative estimate of drug-likeness (QED) is 0.631. The third-order valence-electron chi connectivity index (χ3n) is 5.32. The molecule has 1 saturated heterocycles. The molecular weight excluding hydrogens is 374 g/mol. The minimum absolute atomic E-state index is 0.190. The first-order valence-electron chi connectivity index (χ1n) is 9.18. The van der Waals surface area contributed by atoms with Gasteiger partial charge in [-0.05, 0) is 24.1 Å². The maximum absolute atomic E-state index is 12.8. The number of rotatable bonds is 3. The summed E-state index contributed by atoms with van der Waals surface area (Å²) in [5.41, 5.74) is 3.02. The second-order valence-corrected chi connectivity index (χ2v) is 7.17. The van der Waals surface area contributed by atoms with Gasteiger partial charge in [0, 0.05) is 37.3 Å². The molecule has 0 spiro atoms. The Labute approximate surface area is 165 Å². The summed E-state index contributed by atoms with van der Waals surface area (Å²) in [6, 6.07) is 4.91. The number of imide groups is 1. The number of hydrogen-bond donors (Lipinski definition) is 2. The molecule has 4 heterocycles. The van der Waals surface area contributed by atoms with Crippen LogP contribution in [-0.4, -0.2) is 53.4 Å². The lowest BCUT2D eigenvalue weighted by Gasteiger charge is -2.29. The monoisotopic (exact) mass is 391 g/mol. The summed E-state index contributed by atoms with van der Waals surface area (Å²) < 4.78 is 1.85. The Balaban J connectivity index is 1.44. The summed E-state index contributed by atoms with van der Waals surface area (Å²) in [4.78, 5) is 46.7. The Hall–Kier alpha value is -3.82. The van der Waals surface area contributed by atoms with E-state index in [2.05, 4.69) is 25.5 Å². The van der Waals surface area contributed by atoms with Gasteiger partial charge in [0.05, 0.1) is 5.69 Å². The minimum Gasteiger partial charge on any atom is -0.331 e. The molecule has 29 heavy (non-hydrogen) atoms. The number of hydrogen-bond acceptors (Lipinski definition) is 6. The topological polar surface area (TPSA) is 126 Å². The molecule has 3 aromatic rings. The molecule has 2 aliphatic heterocycles. The van der Waals surface area contributed by atoms with Gasteiger partial charge < -0.3 is 9.47 Å². The number of carbonyl (C=O) groups excluding carboxylic acids is 3. The van der Waals surface area contributed by atoms with E-state index in [4.69, 9.17) is 0 Å². The number of imidazole rings is 1. The van der Waals surface area contributed by atoms with Gasteiger partial charge in [0.2, 0.25) is 11.8 Å². The van der Waals surface area contributed by atoms with E-state index >= 15 is 0 Å². The fraction of sp³-hybridized carbons (Fsp3) is 0.263. The molecule has 5 rings (SSSR count). The molecule has 2 aliphatic rings. The zero-order chi connectivity index (χ0) is 20.1. The highest BCUT2D eigenvalue weighted by Crippen LogP contribution is 2.31. The smallest absolute Gasteiger partial charge is 0.255 e. The van der Waals surface area contributed by atoms with Gasteiger partial charge in [0.25, 0.3) is 5.91 Å². The molecule has 146 valence electrons. The molecule has 1 aromatic carbocycles. The minimum atomic E-state index is -0.621. The average molecular weight is 391 g/mol. The second kappa shape index (κ2) is 6.36. The Morgan fingerprint density at radius 3 is 2.83 bits per heavy atom. The van der Waals surface area contributed by atoms with Gasteiger partial charge >= 0.3 is 0 Å². The van der Waals surface area contributed by atoms with Crippen molar-refractivity contribution in [2.24, 2.45) is 7.05 Å². The molecule has 0 bridgehead atoms. The van der Waals surface area contributed by atoms with Crippen LogP contribution in [-0.2, 0) is 23.2 Å². The third kappa shape index (κ3) is 2.80. The normalized spacial score (nSPS) is 18.9. The molecule has 10 nitrogen and oxygen atoms in total. The van der Waals surface area contributed by atoms with Gasteiger partial charge in [0.1, 0.15) is 12.4 Å². The zero-order valence-corrected chi connectivity index (χ0v) is 15.5. The number of aromatic amines is 1. The standard InChI is InChI=1S/C19H17N7O3/c1-25-8-13(22-17(25)16-20-9-21-24-16)10-2-3-12-11(6-10)7-26(19(12)29)14-4-5-15(27)23-18(14)28/h2-3,6,8-9,14H,4-5,7H2,1H3,(H,20,21,24)(H,23,27,28). The van der Waals surface area contributed by atoms with E-state index in [0.29, 0.717) is 30.2 Å². The van der Waals surface area contributed by atoms with Gasteiger partial charge in [-0.3, -0.25) is 24.8 Å². The number of carbonyl (C=O) groups is 3. The molecule has 0 aliphatic carbocycles. The number of aryl methyl sites for hydroxylation is 1. The van der Waals surface area contributed by atoms with Crippen LogP contribution in [0, 0.1) is 0 Å². The molecule has 1 atom stereocenters. The Morgan fingerprint density at radius 1 is 1.21 bits per heavy atom. The van der Waals surface area contributed by atoms with Crippen LogP contribution in [0.3, 0.4) is 0 Å². The van der Waals surface area contributed by atoms with Crippen LogP contribution in [0.4, 0.5) is 0 Å². The lowest BCUT2D eigenvalue weighted by atomic mass is 10.0. The number of piperidine rings is 1. The molecule has 2 aromatic heterocycles. The summed E-state index contributed by atoms with van der Waals surface area (Å²) >= 11 is 0. The molecule has 1 unspecified atom stereocenters. The second-order valence-electron chi connectivity index (χ2n) is 7.17. The highest BCUT2D eigenvalue weighted by molar-refractivity contribution is 6.05. The van der Waals surface area contributed by atoms with E-state index in [1.807, 2.05) is 29.9 Å².